The first kappa shape index (κ1) is 18.7. The molecule has 24 heavy (non-hydrogen) atoms. The molecule has 1 aromatic rings. The average molecular weight is 353 g/mol. The van der Waals surface area contributed by atoms with E-state index in [4.69, 9.17) is 5.73 Å². The standard InChI is InChI=1S/C17H28N4O2S/c1-4-13-8-6-9-14(5-2)16(13)20-17(18)19-12-15-10-7-11-21(15)24(3,22)23/h6,8-9,15H,4-5,7,10-12H2,1-3H3,(H3,18,19,20)/t15-/m1/s1. The number of benzene rings is 1. The van der Waals surface area contributed by atoms with Crippen LogP contribution in [0.3, 0.4) is 0 Å². The molecule has 1 fully saturated rings. The summed E-state index contributed by atoms with van der Waals surface area (Å²) in [5.41, 5.74) is 9.48. The van der Waals surface area contributed by atoms with Crippen LogP contribution in [0.2, 0.25) is 0 Å². The van der Waals surface area contributed by atoms with E-state index >= 15 is 0 Å². The first-order valence-electron chi connectivity index (χ1n) is 8.51. The second-order valence-corrected chi connectivity index (χ2v) is 8.11. The van der Waals surface area contributed by atoms with Gasteiger partial charge in [0, 0.05) is 18.3 Å². The van der Waals surface area contributed by atoms with Gasteiger partial charge >= 0.3 is 0 Å². The summed E-state index contributed by atoms with van der Waals surface area (Å²) in [6.45, 7) is 5.18. The number of anilines is 1. The minimum atomic E-state index is -3.18. The largest absolute Gasteiger partial charge is 0.370 e. The van der Waals surface area contributed by atoms with E-state index in [0.29, 0.717) is 19.0 Å². The van der Waals surface area contributed by atoms with Gasteiger partial charge < -0.3 is 11.1 Å². The lowest BCUT2D eigenvalue weighted by Gasteiger charge is -2.21. The van der Waals surface area contributed by atoms with E-state index in [0.717, 1.165) is 31.4 Å². The van der Waals surface area contributed by atoms with Crippen LogP contribution >= 0.6 is 0 Å². The number of hydrogen-bond acceptors (Lipinski definition) is 3. The highest BCUT2D eigenvalue weighted by Crippen LogP contribution is 2.23. The van der Waals surface area contributed by atoms with Gasteiger partial charge in [0.1, 0.15) is 0 Å². The first-order chi connectivity index (χ1) is 11.4. The Balaban J connectivity index is 2.10. The molecule has 1 aliphatic rings. The molecule has 2 rings (SSSR count). The molecule has 0 aliphatic carbocycles. The Morgan fingerprint density at radius 2 is 1.96 bits per heavy atom. The zero-order valence-electron chi connectivity index (χ0n) is 14.7. The van der Waals surface area contributed by atoms with Gasteiger partial charge in [-0.15, -0.1) is 0 Å². The summed E-state index contributed by atoms with van der Waals surface area (Å²) < 4.78 is 25.1. The Bertz CT molecular complexity index is 678. The van der Waals surface area contributed by atoms with Crippen molar-refractivity contribution in [2.45, 2.75) is 45.6 Å². The molecular formula is C17H28N4O2S. The lowest BCUT2D eigenvalue weighted by atomic mass is 10.0. The van der Waals surface area contributed by atoms with E-state index in [1.165, 1.54) is 21.7 Å². The predicted molar refractivity (Wildman–Crippen MR) is 99.9 cm³/mol. The van der Waals surface area contributed by atoms with Gasteiger partial charge in [-0.3, -0.25) is 4.99 Å². The lowest BCUT2D eigenvalue weighted by Crippen LogP contribution is -2.37. The molecule has 0 amide bonds. The Morgan fingerprint density at radius 1 is 1.33 bits per heavy atom. The molecule has 0 radical (unpaired) electrons. The van der Waals surface area contributed by atoms with E-state index in [1.54, 1.807) is 0 Å². The second kappa shape index (κ2) is 7.98. The Labute approximate surface area is 145 Å². The van der Waals surface area contributed by atoms with Crippen LogP contribution in [0.15, 0.2) is 23.2 Å². The smallest absolute Gasteiger partial charge is 0.211 e. The zero-order valence-corrected chi connectivity index (χ0v) is 15.6. The van der Waals surface area contributed by atoms with Crippen molar-refractivity contribution in [2.24, 2.45) is 10.7 Å². The van der Waals surface area contributed by atoms with Crippen LogP contribution in [0.4, 0.5) is 5.69 Å². The number of nitrogens with zero attached hydrogens (tertiary/aromatic N) is 2. The summed E-state index contributed by atoms with van der Waals surface area (Å²) >= 11 is 0. The molecule has 0 aromatic heterocycles. The summed E-state index contributed by atoms with van der Waals surface area (Å²) in [5.74, 6) is 0.339. The predicted octanol–water partition coefficient (Wildman–Crippen LogP) is 1.96. The van der Waals surface area contributed by atoms with Crippen LogP contribution in [0, 0.1) is 0 Å². The van der Waals surface area contributed by atoms with E-state index < -0.39 is 10.0 Å². The minimum Gasteiger partial charge on any atom is -0.370 e. The monoisotopic (exact) mass is 352 g/mol. The average Bonchev–Trinajstić information content (AvgIpc) is 3.02. The lowest BCUT2D eigenvalue weighted by molar-refractivity contribution is 0.397. The summed E-state index contributed by atoms with van der Waals surface area (Å²) in [7, 11) is -3.18. The fourth-order valence-electron chi connectivity index (χ4n) is 3.20. The molecular weight excluding hydrogens is 324 g/mol. The molecule has 6 nitrogen and oxygen atoms in total. The minimum absolute atomic E-state index is 0.0904. The SMILES string of the molecule is CCc1cccc(CC)c1NC(N)=NC[C@H]1CCCN1S(C)(=O)=O. The van der Waals surface area contributed by atoms with Gasteiger partial charge in [0.2, 0.25) is 10.0 Å². The molecule has 7 heteroatoms. The van der Waals surface area contributed by atoms with Crippen molar-refractivity contribution in [1.82, 2.24) is 4.31 Å². The normalized spacial score (nSPS) is 19.6. The zero-order chi connectivity index (χ0) is 17.7. The summed E-state index contributed by atoms with van der Waals surface area (Å²) in [6.07, 6.45) is 4.78. The van der Waals surface area contributed by atoms with Crippen LogP contribution in [-0.4, -0.2) is 44.1 Å². The highest BCUT2D eigenvalue weighted by Gasteiger charge is 2.31. The van der Waals surface area contributed by atoms with Crippen LogP contribution in [0.25, 0.3) is 0 Å². The van der Waals surface area contributed by atoms with Crippen molar-refractivity contribution in [1.29, 1.82) is 0 Å². The van der Waals surface area contributed by atoms with Crippen molar-refractivity contribution >= 4 is 21.7 Å². The van der Waals surface area contributed by atoms with Crippen LogP contribution < -0.4 is 11.1 Å². The van der Waals surface area contributed by atoms with Gasteiger partial charge in [0.25, 0.3) is 0 Å². The third-order valence-electron chi connectivity index (χ3n) is 4.47. The fraction of sp³-hybridized carbons (Fsp3) is 0.588. The molecule has 1 aliphatic heterocycles. The van der Waals surface area contributed by atoms with Crippen molar-refractivity contribution in [2.75, 3.05) is 24.7 Å². The third-order valence-corrected chi connectivity index (χ3v) is 5.81. The number of aliphatic imine (C=N–C) groups is 1. The maximum atomic E-state index is 11.8. The Morgan fingerprint density at radius 3 is 2.50 bits per heavy atom. The molecule has 134 valence electrons. The van der Waals surface area contributed by atoms with Gasteiger partial charge in [-0.25, -0.2) is 8.42 Å². The number of para-hydroxylation sites is 1. The molecule has 1 aromatic carbocycles. The highest BCUT2D eigenvalue weighted by atomic mass is 32.2. The van der Waals surface area contributed by atoms with E-state index in [1.807, 2.05) is 0 Å². The second-order valence-electron chi connectivity index (χ2n) is 6.18. The van der Waals surface area contributed by atoms with Gasteiger partial charge in [0.05, 0.1) is 12.8 Å². The van der Waals surface area contributed by atoms with Crippen molar-refractivity contribution in [3.8, 4) is 0 Å². The fourth-order valence-corrected chi connectivity index (χ4v) is 4.38. The van der Waals surface area contributed by atoms with Crippen LogP contribution in [-0.2, 0) is 22.9 Å². The third kappa shape index (κ3) is 4.48. The highest BCUT2D eigenvalue weighted by molar-refractivity contribution is 7.88. The van der Waals surface area contributed by atoms with Crippen LogP contribution in [0.1, 0.15) is 37.8 Å². The quantitative estimate of drug-likeness (QED) is 0.605. The summed E-state index contributed by atoms with van der Waals surface area (Å²) in [5, 5.41) is 3.22. The molecule has 0 unspecified atom stereocenters. The number of sulfonamides is 1. The number of nitrogens with one attached hydrogen (secondary N) is 1. The molecule has 0 saturated carbocycles. The van der Waals surface area contributed by atoms with Crippen molar-refractivity contribution in [3.05, 3.63) is 29.3 Å². The van der Waals surface area contributed by atoms with Gasteiger partial charge in [-0.05, 0) is 36.8 Å². The number of nitrogens with two attached hydrogens (primary N) is 1. The van der Waals surface area contributed by atoms with Crippen molar-refractivity contribution in [3.63, 3.8) is 0 Å². The van der Waals surface area contributed by atoms with Gasteiger partial charge in [-0.1, -0.05) is 32.0 Å². The molecule has 1 heterocycles. The number of guanidine groups is 1. The Hall–Kier alpha value is -1.60. The molecule has 0 bridgehead atoms. The topological polar surface area (TPSA) is 87.8 Å². The van der Waals surface area contributed by atoms with E-state index in [9.17, 15) is 8.42 Å². The van der Waals surface area contributed by atoms with Crippen LogP contribution in [0.5, 0.6) is 0 Å². The molecule has 1 atom stereocenters. The number of aryl methyl sites for hydroxylation is 2. The maximum absolute atomic E-state index is 11.8. The van der Waals surface area contributed by atoms with Gasteiger partial charge in [0.15, 0.2) is 5.96 Å². The molecule has 1 saturated heterocycles. The van der Waals surface area contributed by atoms with Gasteiger partial charge in [-0.2, -0.15) is 4.31 Å². The maximum Gasteiger partial charge on any atom is 0.211 e. The van der Waals surface area contributed by atoms with Crippen molar-refractivity contribution < 1.29 is 8.42 Å². The number of rotatable bonds is 6. The number of hydrogen-bond donors (Lipinski definition) is 2. The van der Waals surface area contributed by atoms with E-state index in [2.05, 4.69) is 42.4 Å². The van der Waals surface area contributed by atoms with E-state index in [-0.39, 0.29) is 6.04 Å². The Kier molecular flexibility index (Phi) is 6.23. The first-order valence-corrected chi connectivity index (χ1v) is 10.4. The summed E-state index contributed by atoms with van der Waals surface area (Å²) in [4.78, 5) is 4.39. The summed E-state index contributed by atoms with van der Waals surface area (Å²) in [6, 6.07) is 6.12. The molecule has 0 spiro atoms. The molecule has 3 N–H and O–H groups in total.